The van der Waals surface area contributed by atoms with Gasteiger partial charge < -0.3 is 19.9 Å². The summed E-state index contributed by atoms with van der Waals surface area (Å²) in [5, 5.41) is 3.42. The topological polar surface area (TPSA) is 40.1 Å². The molecule has 1 N–H and O–H groups in total. The molecule has 4 rings (SSSR count). The zero-order valence-electron chi connectivity index (χ0n) is 15.0. The second-order valence-electron chi connectivity index (χ2n) is 6.45. The number of para-hydroxylation sites is 2. The first kappa shape index (κ1) is 18.5. The van der Waals surface area contributed by atoms with E-state index in [0.29, 0.717) is 0 Å². The Kier molecular flexibility index (Phi) is 6.01. The number of halogens is 1. The van der Waals surface area contributed by atoms with Crippen LogP contribution in [0.3, 0.4) is 0 Å². The Balaban J connectivity index is 0.00000196. The van der Waals surface area contributed by atoms with E-state index in [-0.39, 0.29) is 12.4 Å². The molecule has 0 saturated carbocycles. The van der Waals surface area contributed by atoms with E-state index in [2.05, 4.69) is 51.5 Å². The fraction of sp³-hybridized carbons (Fsp3) is 0.350. The summed E-state index contributed by atoms with van der Waals surface area (Å²) in [6.45, 7) is 5.65. The number of hydrogen-bond donors (Lipinski definition) is 1. The average molecular weight is 373 g/mol. The van der Waals surface area contributed by atoms with Crippen LogP contribution in [0.25, 0.3) is 0 Å². The summed E-state index contributed by atoms with van der Waals surface area (Å²) in [6.07, 6.45) is 0. The van der Waals surface area contributed by atoms with Crippen molar-refractivity contribution >= 4 is 24.1 Å². The van der Waals surface area contributed by atoms with Crippen LogP contribution in [-0.4, -0.2) is 49.0 Å². The monoisotopic (exact) mass is 372 g/mol. The van der Waals surface area contributed by atoms with Crippen LogP contribution in [0, 0.1) is 0 Å². The molecule has 0 radical (unpaired) electrons. The molecule has 138 valence electrons. The number of piperazine rings is 1. The maximum Gasteiger partial charge on any atom is 0.202 e. The number of nitrogens with one attached hydrogen (secondary N) is 1. The molecule has 0 aromatic heterocycles. The second-order valence-corrected chi connectivity index (χ2v) is 6.45. The van der Waals surface area contributed by atoms with Gasteiger partial charge in [0.25, 0.3) is 0 Å². The summed E-state index contributed by atoms with van der Waals surface area (Å²) in [5.41, 5.74) is 3.55. The summed E-state index contributed by atoms with van der Waals surface area (Å²) in [7, 11) is 1.73. The summed E-state index contributed by atoms with van der Waals surface area (Å²) < 4.78 is 5.55. The van der Waals surface area contributed by atoms with Crippen molar-refractivity contribution in [3.05, 3.63) is 59.7 Å². The Morgan fingerprint density at radius 3 is 2.58 bits per heavy atom. The number of nitrogens with zero attached hydrogens (tertiary/aromatic N) is 3. The third-order valence-electron chi connectivity index (χ3n) is 4.81. The molecule has 0 bridgehead atoms. The SMILES string of the molecule is COc1ccccc1CN1Cc2ccccc2N=C1N1CCNCC1.Cl. The van der Waals surface area contributed by atoms with E-state index in [1.165, 1.54) is 11.1 Å². The van der Waals surface area contributed by atoms with Crippen LogP contribution in [0.1, 0.15) is 11.1 Å². The number of methoxy groups -OCH3 is 1. The Morgan fingerprint density at radius 2 is 1.77 bits per heavy atom. The first-order valence-electron chi connectivity index (χ1n) is 8.84. The van der Waals surface area contributed by atoms with Crippen LogP contribution in [-0.2, 0) is 13.1 Å². The lowest BCUT2D eigenvalue weighted by Crippen LogP contribution is -2.52. The Labute approximate surface area is 161 Å². The summed E-state index contributed by atoms with van der Waals surface area (Å²) in [5.74, 6) is 2.01. The van der Waals surface area contributed by atoms with Gasteiger partial charge in [-0.05, 0) is 17.7 Å². The van der Waals surface area contributed by atoms with Gasteiger partial charge in [0.2, 0.25) is 5.96 Å². The Bertz CT molecular complexity index is 774. The Hall–Kier alpha value is -2.24. The lowest BCUT2D eigenvalue weighted by Gasteiger charge is -2.39. The van der Waals surface area contributed by atoms with Gasteiger partial charge in [-0.3, -0.25) is 0 Å². The van der Waals surface area contributed by atoms with Crippen LogP contribution in [0.15, 0.2) is 53.5 Å². The molecule has 1 fully saturated rings. The van der Waals surface area contributed by atoms with Crippen molar-refractivity contribution in [2.24, 2.45) is 4.99 Å². The smallest absolute Gasteiger partial charge is 0.202 e. The van der Waals surface area contributed by atoms with Crippen molar-refractivity contribution in [3.8, 4) is 5.75 Å². The fourth-order valence-corrected chi connectivity index (χ4v) is 3.51. The second kappa shape index (κ2) is 8.43. The van der Waals surface area contributed by atoms with Gasteiger partial charge in [0.15, 0.2) is 0 Å². The largest absolute Gasteiger partial charge is 0.496 e. The minimum atomic E-state index is 0. The predicted molar refractivity (Wildman–Crippen MR) is 107 cm³/mol. The first-order valence-corrected chi connectivity index (χ1v) is 8.84. The number of rotatable bonds is 3. The molecular weight excluding hydrogens is 348 g/mol. The summed E-state index contributed by atoms with van der Waals surface area (Å²) in [4.78, 5) is 9.76. The third kappa shape index (κ3) is 3.79. The highest BCUT2D eigenvalue weighted by atomic mass is 35.5. The van der Waals surface area contributed by atoms with Crippen molar-refractivity contribution in [2.45, 2.75) is 13.1 Å². The molecule has 26 heavy (non-hydrogen) atoms. The van der Waals surface area contributed by atoms with Gasteiger partial charge in [-0.15, -0.1) is 12.4 Å². The van der Waals surface area contributed by atoms with Crippen LogP contribution in [0.2, 0.25) is 0 Å². The first-order chi connectivity index (χ1) is 12.3. The van der Waals surface area contributed by atoms with Crippen molar-refractivity contribution in [2.75, 3.05) is 33.3 Å². The molecule has 1 saturated heterocycles. The maximum atomic E-state index is 5.55. The van der Waals surface area contributed by atoms with Crippen molar-refractivity contribution in [3.63, 3.8) is 0 Å². The molecule has 6 heteroatoms. The van der Waals surface area contributed by atoms with Crippen LogP contribution < -0.4 is 10.1 Å². The van der Waals surface area contributed by atoms with E-state index in [0.717, 1.165) is 56.7 Å². The standard InChI is InChI=1S/C20H24N4O.ClH/c1-25-19-9-5-3-7-17(19)15-24-14-16-6-2-4-8-18(16)22-20(24)23-12-10-21-11-13-23;/h2-9,21H,10-15H2,1H3;1H. The molecule has 0 spiro atoms. The number of hydrogen-bond acceptors (Lipinski definition) is 5. The molecule has 5 nitrogen and oxygen atoms in total. The minimum absolute atomic E-state index is 0. The molecule has 0 atom stereocenters. The van der Waals surface area contributed by atoms with Gasteiger partial charge in [0.05, 0.1) is 12.8 Å². The normalized spacial score (nSPS) is 16.4. The molecule has 2 aliphatic heterocycles. The van der Waals surface area contributed by atoms with E-state index in [1.807, 2.05) is 12.1 Å². The minimum Gasteiger partial charge on any atom is -0.496 e. The van der Waals surface area contributed by atoms with Crippen LogP contribution in [0.5, 0.6) is 5.75 Å². The maximum absolute atomic E-state index is 5.55. The molecule has 2 aromatic rings. The number of benzene rings is 2. The summed E-state index contributed by atoms with van der Waals surface area (Å²) in [6, 6.07) is 16.7. The van der Waals surface area contributed by atoms with Gasteiger partial charge in [-0.1, -0.05) is 36.4 Å². The number of guanidine groups is 1. The predicted octanol–water partition coefficient (Wildman–Crippen LogP) is 3.03. The molecule has 2 heterocycles. The van der Waals surface area contributed by atoms with E-state index in [4.69, 9.17) is 9.73 Å². The van der Waals surface area contributed by atoms with Crippen molar-refractivity contribution in [1.82, 2.24) is 15.1 Å². The van der Waals surface area contributed by atoms with E-state index in [9.17, 15) is 0 Å². The van der Waals surface area contributed by atoms with E-state index < -0.39 is 0 Å². The molecule has 2 aliphatic rings. The van der Waals surface area contributed by atoms with E-state index in [1.54, 1.807) is 7.11 Å². The molecule has 0 amide bonds. The average Bonchev–Trinajstić information content (AvgIpc) is 2.68. The van der Waals surface area contributed by atoms with Gasteiger partial charge in [-0.25, -0.2) is 4.99 Å². The summed E-state index contributed by atoms with van der Waals surface area (Å²) >= 11 is 0. The quantitative estimate of drug-likeness (QED) is 0.899. The lowest BCUT2D eigenvalue weighted by molar-refractivity contribution is 0.276. The van der Waals surface area contributed by atoms with Crippen molar-refractivity contribution < 1.29 is 4.74 Å². The van der Waals surface area contributed by atoms with Crippen molar-refractivity contribution in [1.29, 1.82) is 0 Å². The molecular formula is C20H25ClN4O. The zero-order valence-corrected chi connectivity index (χ0v) is 15.8. The Morgan fingerprint density at radius 1 is 1.04 bits per heavy atom. The highest BCUT2D eigenvalue weighted by Crippen LogP contribution is 2.29. The van der Waals surface area contributed by atoms with E-state index >= 15 is 0 Å². The van der Waals surface area contributed by atoms with Gasteiger partial charge in [0.1, 0.15) is 5.75 Å². The molecule has 0 unspecified atom stereocenters. The van der Waals surface area contributed by atoms with Crippen LogP contribution >= 0.6 is 12.4 Å². The van der Waals surface area contributed by atoms with Crippen LogP contribution in [0.4, 0.5) is 5.69 Å². The number of ether oxygens (including phenoxy) is 1. The zero-order chi connectivity index (χ0) is 17.1. The highest BCUT2D eigenvalue weighted by molar-refractivity contribution is 5.85. The third-order valence-corrected chi connectivity index (χ3v) is 4.81. The fourth-order valence-electron chi connectivity index (χ4n) is 3.51. The number of aliphatic imine (C=N–C) groups is 1. The lowest BCUT2D eigenvalue weighted by atomic mass is 10.1. The highest BCUT2D eigenvalue weighted by Gasteiger charge is 2.26. The van der Waals surface area contributed by atoms with Gasteiger partial charge in [-0.2, -0.15) is 0 Å². The van der Waals surface area contributed by atoms with Gasteiger partial charge in [0, 0.05) is 44.8 Å². The van der Waals surface area contributed by atoms with Gasteiger partial charge >= 0.3 is 0 Å². The number of fused-ring (bicyclic) bond motifs is 1. The molecule has 0 aliphatic carbocycles. The molecule has 2 aromatic carbocycles.